The third kappa shape index (κ3) is 4.61. The van der Waals surface area contributed by atoms with Crippen molar-refractivity contribution in [3.63, 3.8) is 0 Å². The Balaban J connectivity index is 1.62. The summed E-state index contributed by atoms with van der Waals surface area (Å²) in [5, 5.41) is 0. The first-order valence-electron chi connectivity index (χ1n) is 11.6. The molecule has 0 bridgehead atoms. The van der Waals surface area contributed by atoms with Crippen LogP contribution in [-0.4, -0.2) is 55.5 Å². The predicted octanol–water partition coefficient (Wildman–Crippen LogP) is 4.07. The van der Waals surface area contributed by atoms with Crippen molar-refractivity contribution in [2.24, 2.45) is 5.92 Å². The number of aryl methyl sites for hydroxylation is 1. The third-order valence-corrected chi connectivity index (χ3v) is 6.53. The summed E-state index contributed by atoms with van der Waals surface area (Å²) in [5.41, 5.74) is 3.99. The zero-order valence-corrected chi connectivity index (χ0v) is 19.9. The molecule has 1 atom stereocenters. The third-order valence-electron chi connectivity index (χ3n) is 6.53. The minimum atomic E-state index is -0.211. The van der Waals surface area contributed by atoms with Crippen molar-refractivity contribution in [3.05, 3.63) is 64.9 Å². The SMILES string of the molecule is COc1ccc(CCN2C(=O)C(c3ccc(C)cc3)=C(N3CCCC(C)C3)C2=O)cc1OC. The summed E-state index contributed by atoms with van der Waals surface area (Å²) < 4.78 is 10.7. The molecule has 6 heteroatoms. The molecule has 0 spiro atoms. The minimum absolute atomic E-state index is 0.190. The number of ether oxygens (including phenoxy) is 2. The fourth-order valence-corrected chi connectivity index (χ4v) is 4.71. The molecule has 0 saturated carbocycles. The molecule has 0 aliphatic carbocycles. The number of carbonyl (C=O) groups is 2. The van der Waals surface area contributed by atoms with Crippen molar-refractivity contribution in [2.45, 2.75) is 33.1 Å². The molecular formula is C27H32N2O4. The lowest BCUT2D eigenvalue weighted by molar-refractivity contribution is -0.137. The summed E-state index contributed by atoms with van der Waals surface area (Å²) in [6.07, 6.45) is 2.72. The van der Waals surface area contributed by atoms with Crippen molar-refractivity contribution in [2.75, 3.05) is 33.9 Å². The first-order valence-corrected chi connectivity index (χ1v) is 11.6. The summed E-state index contributed by atoms with van der Waals surface area (Å²) in [7, 11) is 3.19. The van der Waals surface area contributed by atoms with Gasteiger partial charge in [-0.05, 0) is 55.4 Å². The molecule has 1 fully saturated rings. The lowest BCUT2D eigenvalue weighted by Gasteiger charge is -2.33. The molecule has 6 nitrogen and oxygen atoms in total. The second-order valence-corrected chi connectivity index (χ2v) is 8.98. The van der Waals surface area contributed by atoms with Crippen molar-refractivity contribution in [3.8, 4) is 11.5 Å². The van der Waals surface area contributed by atoms with Gasteiger partial charge in [0.25, 0.3) is 11.8 Å². The second-order valence-electron chi connectivity index (χ2n) is 8.98. The molecule has 2 aliphatic heterocycles. The number of carbonyl (C=O) groups excluding carboxylic acids is 2. The highest BCUT2D eigenvalue weighted by atomic mass is 16.5. The summed E-state index contributed by atoms with van der Waals surface area (Å²) in [6, 6.07) is 13.5. The summed E-state index contributed by atoms with van der Waals surface area (Å²) in [6.45, 7) is 6.14. The summed E-state index contributed by atoms with van der Waals surface area (Å²) >= 11 is 0. The maximum atomic E-state index is 13.6. The lowest BCUT2D eigenvalue weighted by Crippen LogP contribution is -2.39. The van der Waals surface area contributed by atoms with E-state index in [0.29, 0.717) is 41.7 Å². The molecule has 1 unspecified atom stereocenters. The standard InChI is InChI=1S/C27H32N2O4/c1-18-7-10-21(11-8-18)24-25(28-14-5-6-19(2)17-28)27(31)29(26(24)30)15-13-20-9-12-22(32-3)23(16-20)33-4/h7-12,16,19H,5-6,13-15,17H2,1-4H3. The van der Waals surface area contributed by atoms with Crippen LogP contribution in [-0.2, 0) is 16.0 Å². The van der Waals surface area contributed by atoms with Crippen LogP contribution in [0.4, 0.5) is 0 Å². The van der Waals surface area contributed by atoms with Crippen LogP contribution in [0.15, 0.2) is 48.2 Å². The first-order chi connectivity index (χ1) is 15.9. The number of piperidine rings is 1. The van der Waals surface area contributed by atoms with E-state index in [1.54, 1.807) is 14.2 Å². The van der Waals surface area contributed by atoms with Crippen LogP contribution in [0.3, 0.4) is 0 Å². The Labute approximate surface area is 195 Å². The second kappa shape index (κ2) is 9.69. The Morgan fingerprint density at radius 2 is 1.70 bits per heavy atom. The van der Waals surface area contributed by atoms with Gasteiger partial charge in [0.2, 0.25) is 0 Å². The van der Waals surface area contributed by atoms with Crippen molar-refractivity contribution in [1.82, 2.24) is 9.80 Å². The van der Waals surface area contributed by atoms with E-state index in [-0.39, 0.29) is 11.8 Å². The quantitative estimate of drug-likeness (QED) is 0.598. The number of benzene rings is 2. The zero-order valence-electron chi connectivity index (χ0n) is 19.9. The van der Waals surface area contributed by atoms with Crippen molar-refractivity contribution >= 4 is 17.4 Å². The van der Waals surface area contributed by atoms with Crippen LogP contribution < -0.4 is 9.47 Å². The Bertz CT molecular complexity index is 1070. The summed E-state index contributed by atoms with van der Waals surface area (Å²) in [4.78, 5) is 30.7. The van der Waals surface area contributed by atoms with E-state index in [1.807, 2.05) is 49.4 Å². The molecule has 2 aromatic rings. The molecule has 1 saturated heterocycles. The molecule has 0 radical (unpaired) electrons. The van der Waals surface area contributed by atoms with Gasteiger partial charge in [-0.3, -0.25) is 14.5 Å². The van der Waals surface area contributed by atoms with E-state index >= 15 is 0 Å². The highest BCUT2D eigenvalue weighted by Crippen LogP contribution is 2.34. The fourth-order valence-electron chi connectivity index (χ4n) is 4.71. The van der Waals surface area contributed by atoms with Gasteiger partial charge < -0.3 is 14.4 Å². The van der Waals surface area contributed by atoms with Gasteiger partial charge in [-0.25, -0.2) is 0 Å². The number of imide groups is 1. The van der Waals surface area contributed by atoms with E-state index < -0.39 is 0 Å². The van der Waals surface area contributed by atoms with Gasteiger partial charge in [-0.2, -0.15) is 0 Å². The number of rotatable bonds is 7. The highest BCUT2D eigenvalue weighted by Gasteiger charge is 2.42. The van der Waals surface area contributed by atoms with E-state index in [0.717, 1.165) is 42.6 Å². The van der Waals surface area contributed by atoms with Crippen LogP contribution in [0.5, 0.6) is 11.5 Å². The highest BCUT2D eigenvalue weighted by molar-refractivity contribution is 6.35. The number of methoxy groups -OCH3 is 2. The maximum Gasteiger partial charge on any atom is 0.277 e. The molecule has 2 heterocycles. The molecule has 4 rings (SSSR count). The van der Waals surface area contributed by atoms with Crippen LogP contribution in [0.25, 0.3) is 5.57 Å². The van der Waals surface area contributed by atoms with Crippen LogP contribution in [0.1, 0.15) is 36.5 Å². The number of likely N-dealkylation sites (tertiary alicyclic amines) is 1. The average Bonchev–Trinajstić information content (AvgIpc) is 3.07. The Morgan fingerprint density at radius 3 is 2.36 bits per heavy atom. The topological polar surface area (TPSA) is 59.1 Å². The largest absolute Gasteiger partial charge is 0.493 e. The monoisotopic (exact) mass is 448 g/mol. The average molecular weight is 449 g/mol. The van der Waals surface area contributed by atoms with Gasteiger partial charge in [0.05, 0.1) is 19.8 Å². The van der Waals surface area contributed by atoms with Gasteiger partial charge in [-0.15, -0.1) is 0 Å². The normalized spacial score (nSPS) is 18.8. The Hall–Kier alpha value is -3.28. The molecule has 2 amide bonds. The minimum Gasteiger partial charge on any atom is -0.493 e. The molecular weight excluding hydrogens is 416 g/mol. The number of amides is 2. The van der Waals surface area contributed by atoms with E-state index in [9.17, 15) is 9.59 Å². The predicted molar refractivity (Wildman–Crippen MR) is 128 cm³/mol. The molecule has 0 N–H and O–H groups in total. The van der Waals surface area contributed by atoms with Gasteiger partial charge in [-0.1, -0.05) is 42.8 Å². The Kier molecular flexibility index (Phi) is 6.72. The lowest BCUT2D eigenvalue weighted by atomic mass is 9.97. The van der Waals surface area contributed by atoms with E-state index in [1.165, 1.54) is 4.90 Å². The molecule has 0 aromatic heterocycles. The fraction of sp³-hybridized carbons (Fsp3) is 0.407. The number of hydrogen-bond acceptors (Lipinski definition) is 5. The van der Waals surface area contributed by atoms with E-state index in [2.05, 4.69) is 11.8 Å². The van der Waals surface area contributed by atoms with Gasteiger partial charge in [0.15, 0.2) is 11.5 Å². The summed E-state index contributed by atoms with van der Waals surface area (Å²) in [5.74, 6) is 1.38. The zero-order chi connectivity index (χ0) is 23.5. The molecule has 2 aromatic carbocycles. The van der Waals surface area contributed by atoms with Crippen LogP contribution >= 0.6 is 0 Å². The van der Waals surface area contributed by atoms with Crippen molar-refractivity contribution < 1.29 is 19.1 Å². The van der Waals surface area contributed by atoms with Crippen molar-refractivity contribution in [1.29, 1.82) is 0 Å². The maximum absolute atomic E-state index is 13.6. The van der Waals surface area contributed by atoms with E-state index in [4.69, 9.17) is 9.47 Å². The van der Waals surface area contributed by atoms with Crippen LogP contribution in [0, 0.1) is 12.8 Å². The smallest absolute Gasteiger partial charge is 0.277 e. The van der Waals surface area contributed by atoms with Gasteiger partial charge >= 0.3 is 0 Å². The number of nitrogens with zero attached hydrogens (tertiary/aromatic N) is 2. The molecule has 174 valence electrons. The molecule has 33 heavy (non-hydrogen) atoms. The first kappa shape index (κ1) is 22.9. The van der Waals surface area contributed by atoms with Gasteiger partial charge in [0.1, 0.15) is 5.70 Å². The number of hydrogen-bond donors (Lipinski definition) is 0. The van der Waals surface area contributed by atoms with Crippen LogP contribution in [0.2, 0.25) is 0 Å². The molecule has 2 aliphatic rings. The van der Waals surface area contributed by atoms with Gasteiger partial charge in [0, 0.05) is 19.6 Å². The Morgan fingerprint density at radius 1 is 0.970 bits per heavy atom.